The topological polar surface area (TPSA) is 99.2 Å². The lowest BCUT2D eigenvalue weighted by molar-refractivity contribution is -0.137. The van der Waals surface area contributed by atoms with Gasteiger partial charge < -0.3 is 20.1 Å². The number of ether oxygens (including phenoxy) is 1. The number of carbonyl (C=O) groups is 1. The molecule has 0 aromatic heterocycles. The van der Waals surface area contributed by atoms with Crippen LogP contribution in [0.25, 0.3) is 11.1 Å². The Morgan fingerprint density at radius 3 is 2.31 bits per heavy atom. The minimum Gasteiger partial charge on any atom is -0.487 e. The molecule has 0 aliphatic carbocycles. The number of nitrogens with one attached hydrogen (secondary N) is 1. The molecule has 1 aliphatic rings. The van der Waals surface area contributed by atoms with Crippen molar-refractivity contribution >= 4 is 21.7 Å². The Hall–Kier alpha value is -3.61. The standard InChI is InChI=1S/C30H34F3N3O5S/c1-19-5-7-22(8-6-19)23-9-14-28-26(15-23)41-27(20(2)16-36(21(3)18-37)42(28,39)40)17-35(4)29(38)34-25-12-10-24(11-13-25)30(31,32)33/h5-15,20-21,27,37H,16-18H2,1-4H3,(H,34,38)/t20-,21-,27+/m0/s1. The Bertz CT molecular complexity index is 1510. The molecule has 0 bridgehead atoms. The third-order valence-corrected chi connectivity index (χ3v) is 9.34. The van der Waals surface area contributed by atoms with E-state index in [1.807, 2.05) is 31.2 Å². The molecule has 2 N–H and O–H groups in total. The monoisotopic (exact) mass is 605 g/mol. The lowest BCUT2D eigenvalue weighted by atomic mass is 10.0. The molecule has 12 heteroatoms. The number of nitrogens with zero attached hydrogens (tertiary/aromatic N) is 2. The van der Waals surface area contributed by atoms with Crippen LogP contribution in [0, 0.1) is 12.8 Å². The predicted molar refractivity (Wildman–Crippen MR) is 154 cm³/mol. The number of hydrogen-bond donors (Lipinski definition) is 2. The highest BCUT2D eigenvalue weighted by atomic mass is 32.2. The van der Waals surface area contributed by atoms with Gasteiger partial charge in [-0.05, 0) is 61.4 Å². The zero-order chi connectivity index (χ0) is 30.8. The van der Waals surface area contributed by atoms with E-state index in [1.165, 1.54) is 34.5 Å². The SMILES string of the molecule is Cc1ccc(-c2ccc3c(c2)O[C@H](CN(C)C(=O)Nc2ccc(C(F)(F)F)cc2)[C@@H](C)CN([C@@H](C)CO)S3(=O)=O)cc1. The third-order valence-electron chi connectivity index (χ3n) is 7.32. The molecule has 3 aromatic carbocycles. The molecular formula is C30H34F3N3O5S. The van der Waals surface area contributed by atoms with E-state index < -0.39 is 45.9 Å². The van der Waals surface area contributed by atoms with Crippen LogP contribution in [0.3, 0.4) is 0 Å². The van der Waals surface area contributed by atoms with Gasteiger partial charge in [-0.2, -0.15) is 17.5 Å². The van der Waals surface area contributed by atoms with Crippen LogP contribution in [0.15, 0.2) is 71.6 Å². The van der Waals surface area contributed by atoms with E-state index in [2.05, 4.69) is 5.32 Å². The molecule has 226 valence electrons. The van der Waals surface area contributed by atoms with Gasteiger partial charge in [0.15, 0.2) is 0 Å². The summed E-state index contributed by atoms with van der Waals surface area (Å²) in [6.07, 6.45) is -5.15. The van der Waals surface area contributed by atoms with E-state index in [4.69, 9.17) is 4.74 Å². The number of fused-ring (bicyclic) bond motifs is 1. The molecule has 4 rings (SSSR count). The van der Waals surface area contributed by atoms with Crippen molar-refractivity contribution in [1.82, 2.24) is 9.21 Å². The van der Waals surface area contributed by atoms with Gasteiger partial charge in [0.2, 0.25) is 10.0 Å². The number of aliphatic hydroxyl groups excluding tert-OH is 1. The van der Waals surface area contributed by atoms with Crippen molar-refractivity contribution in [3.63, 3.8) is 0 Å². The molecule has 0 spiro atoms. The molecule has 1 heterocycles. The number of likely N-dealkylation sites (N-methyl/N-ethyl adjacent to an activating group) is 1. The Morgan fingerprint density at radius 1 is 1.10 bits per heavy atom. The molecule has 3 atom stereocenters. The van der Waals surface area contributed by atoms with E-state index >= 15 is 0 Å². The number of amides is 2. The highest BCUT2D eigenvalue weighted by Gasteiger charge is 2.38. The summed E-state index contributed by atoms with van der Waals surface area (Å²) in [6, 6.07) is 15.4. The number of aryl methyl sites for hydroxylation is 1. The van der Waals surface area contributed by atoms with E-state index in [1.54, 1.807) is 26.0 Å². The fourth-order valence-corrected chi connectivity index (χ4v) is 6.51. The summed E-state index contributed by atoms with van der Waals surface area (Å²) in [5, 5.41) is 12.4. The van der Waals surface area contributed by atoms with E-state index in [9.17, 15) is 31.5 Å². The van der Waals surface area contributed by atoms with Crippen molar-refractivity contribution < 1.29 is 36.2 Å². The molecular weight excluding hydrogens is 571 g/mol. The van der Waals surface area contributed by atoms with Gasteiger partial charge in [0.05, 0.1) is 18.7 Å². The number of aliphatic hydroxyl groups is 1. The van der Waals surface area contributed by atoms with Crippen LogP contribution in [-0.2, 0) is 16.2 Å². The number of carbonyl (C=O) groups excluding carboxylic acids is 1. The highest BCUT2D eigenvalue weighted by Crippen LogP contribution is 2.37. The number of halogens is 3. The van der Waals surface area contributed by atoms with Crippen molar-refractivity contribution in [2.45, 2.75) is 44.0 Å². The summed E-state index contributed by atoms with van der Waals surface area (Å²) in [4.78, 5) is 14.2. The third kappa shape index (κ3) is 6.88. The number of sulfonamides is 1. The Labute approximate surface area is 243 Å². The molecule has 0 saturated carbocycles. The summed E-state index contributed by atoms with van der Waals surface area (Å²) < 4.78 is 73.7. The number of benzene rings is 3. The first-order chi connectivity index (χ1) is 19.7. The maximum Gasteiger partial charge on any atom is 0.416 e. The molecule has 42 heavy (non-hydrogen) atoms. The number of anilines is 1. The molecule has 3 aromatic rings. The van der Waals surface area contributed by atoms with Crippen LogP contribution in [0.5, 0.6) is 5.75 Å². The summed E-state index contributed by atoms with van der Waals surface area (Å²) >= 11 is 0. The van der Waals surface area contributed by atoms with Crippen molar-refractivity contribution in [3.8, 4) is 16.9 Å². The molecule has 0 saturated heterocycles. The second-order valence-electron chi connectivity index (χ2n) is 10.7. The number of urea groups is 1. The van der Waals surface area contributed by atoms with Gasteiger partial charge in [-0.1, -0.05) is 42.8 Å². The van der Waals surface area contributed by atoms with Gasteiger partial charge >= 0.3 is 12.2 Å². The first kappa shape index (κ1) is 31.3. The van der Waals surface area contributed by atoms with E-state index in [-0.39, 0.29) is 36.0 Å². The summed E-state index contributed by atoms with van der Waals surface area (Å²) in [5.41, 5.74) is 2.04. The number of rotatable bonds is 6. The fourth-order valence-electron chi connectivity index (χ4n) is 4.68. The van der Waals surface area contributed by atoms with Gasteiger partial charge in [-0.3, -0.25) is 0 Å². The first-order valence-electron chi connectivity index (χ1n) is 13.4. The van der Waals surface area contributed by atoms with Crippen LogP contribution in [0.1, 0.15) is 25.0 Å². The summed E-state index contributed by atoms with van der Waals surface area (Å²) in [7, 11) is -2.52. The Kier molecular flexibility index (Phi) is 9.19. The van der Waals surface area contributed by atoms with E-state index in [0.717, 1.165) is 28.8 Å². The summed E-state index contributed by atoms with van der Waals surface area (Å²) in [5.74, 6) is -0.289. The van der Waals surface area contributed by atoms with Crippen LogP contribution >= 0.6 is 0 Å². The quantitative estimate of drug-likeness (QED) is 0.381. The maximum absolute atomic E-state index is 13.7. The van der Waals surface area contributed by atoms with Crippen LogP contribution in [0.4, 0.5) is 23.7 Å². The van der Waals surface area contributed by atoms with Crippen molar-refractivity contribution in [3.05, 3.63) is 77.9 Å². The molecule has 0 unspecified atom stereocenters. The average Bonchev–Trinajstić information content (AvgIpc) is 2.94. The highest BCUT2D eigenvalue weighted by molar-refractivity contribution is 7.89. The van der Waals surface area contributed by atoms with Crippen LogP contribution in [-0.4, -0.2) is 67.7 Å². The normalized spacial score (nSPS) is 19.5. The molecule has 1 aliphatic heterocycles. The van der Waals surface area contributed by atoms with Gasteiger partial charge in [-0.25, -0.2) is 13.2 Å². The van der Waals surface area contributed by atoms with Crippen molar-refractivity contribution in [2.24, 2.45) is 5.92 Å². The molecule has 0 radical (unpaired) electrons. The van der Waals surface area contributed by atoms with Crippen LogP contribution < -0.4 is 10.1 Å². The molecule has 8 nitrogen and oxygen atoms in total. The zero-order valence-electron chi connectivity index (χ0n) is 23.7. The van der Waals surface area contributed by atoms with Gasteiger partial charge in [0.25, 0.3) is 0 Å². The van der Waals surface area contributed by atoms with Crippen LogP contribution in [0.2, 0.25) is 0 Å². The minimum absolute atomic E-state index is 0.0300. The van der Waals surface area contributed by atoms with Crippen molar-refractivity contribution in [1.29, 1.82) is 0 Å². The van der Waals surface area contributed by atoms with Crippen molar-refractivity contribution in [2.75, 3.05) is 32.1 Å². The zero-order valence-corrected chi connectivity index (χ0v) is 24.5. The average molecular weight is 606 g/mol. The fraction of sp³-hybridized carbons (Fsp3) is 0.367. The Balaban J connectivity index is 1.63. The lowest BCUT2D eigenvalue weighted by Crippen LogP contribution is -2.50. The van der Waals surface area contributed by atoms with Gasteiger partial charge in [0, 0.05) is 31.2 Å². The molecule has 0 fully saturated rings. The van der Waals surface area contributed by atoms with Gasteiger partial charge in [0.1, 0.15) is 16.7 Å². The predicted octanol–water partition coefficient (Wildman–Crippen LogP) is 5.61. The number of hydrogen-bond acceptors (Lipinski definition) is 5. The second kappa shape index (κ2) is 12.3. The second-order valence-corrected chi connectivity index (χ2v) is 12.5. The first-order valence-corrected chi connectivity index (χ1v) is 14.8. The largest absolute Gasteiger partial charge is 0.487 e. The smallest absolute Gasteiger partial charge is 0.416 e. The summed E-state index contributed by atoms with van der Waals surface area (Å²) in [6.45, 7) is 5.07. The lowest BCUT2D eigenvalue weighted by Gasteiger charge is -2.37. The Morgan fingerprint density at radius 2 is 1.71 bits per heavy atom. The number of alkyl halides is 3. The van der Waals surface area contributed by atoms with E-state index in [0.29, 0.717) is 0 Å². The minimum atomic E-state index is -4.49. The van der Waals surface area contributed by atoms with Gasteiger partial charge in [-0.15, -0.1) is 0 Å². The molecule has 2 amide bonds. The maximum atomic E-state index is 13.7.